The number of benzene rings is 1. The molecule has 0 atom stereocenters. The monoisotopic (exact) mass is 278 g/mol. The Kier molecular flexibility index (Phi) is 9.17. The third-order valence-corrected chi connectivity index (χ3v) is 3.74. The van der Waals surface area contributed by atoms with Crippen LogP contribution >= 0.6 is 11.8 Å². The van der Waals surface area contributed by atoms with Gasteiger partial charge in [0, 0.05) is 31.5 Å². The van der Waals surface area contributed by atoms with Gasteiger partial charge in [0.25, 0.3) is 0 Å². The Bertz CT molecular complexity index is 390. The van der Waals surface area contributed by atoms with E-state index in [1.807, 2.05) is 11.8 Å². The van der Waals surface area contributed by atoms with Crippen LogP contribution in [-0.4, -0.2) is 26.0 Å². The molecule has 104 valence electrons. The van der Waals surface area contributed by atoms with Crippen molar-refractivity contribution in [2.75, 3.05) is 26.0 Å². The summed E-state index contributed by atoms with van der Waals surface area (Å²) >= 11 is 1.87. The SMILES string of the molecule is COCCNCc1cccc(SCCCCC#N)c1. The van der Waals surface area contributed by atoms with Gasteiger partial charge in [0.05, 0.1) is 12.7 Å². The highest BCUT2D eigenvalue weighted by atomic mass is 32.2. The van der Waals surface area contributed by atoms with Gasteiger partial charge in [-0.3, -0.25) is 0 Å². The molecule has 1 N–H and O–H groups in total. The molecule has 4 heteroatoms. The van der Waals surface area contributed by atoms with Crippen LogP contribution in [0.25, 0.3) is 0 Å². The van der Waals surface area contributed by atoms with E-state index in [9.17, 15) is 0 Å². The van der Waals surface area contributed by atoms with Gasteiger partial charge in [-0.05, 0) is 36.3 Å². The quantitative estimate of drug-likeness (QED) is 0.527. The molecule has 0 amide bonds. The van der Waals surface area contributed by atoms with Crippen LogP contribution < -0.4 is 5.32 Å². The average Bonchev–Trinajstić information content (AvgIpc) is 2.44. The van der Waals surface area contributed by atoms with Crippen molar-refractivity contribution in [3.05, 3.63) is 29.8 Å². The fourth-order valence-corrected chi connectivity index (χ4v) is 2.64. The van der Waals surface area contributed by atoms with Crippen LogP contribution in [0, 0.1) is 11.3 Å². The lowest BCUT2D eigenvalue weighted by Gasteiger charge is -2.06. The number of nitrogens with one attached hydrogen (secondary N) is 1. The normalized spacial score (nSPS) is 10.3. The molecule has 1 rings (SSSR count). The smallest absolute Gasteiger partial charge is 0.0621 e. The summed E-state index contributed by atoms with van der Waals surface area (Å²) in [5, 5.41) is 11.8. The highest BCUT2D eigenvalue weighted by Crippen LogP contribution is 2.20. The van der Waals surface area contributed by atoms with Crippen LogP contribution in [0.15, 0.2) is 29.2 Å². The van der Waals surface area contributed by atoms with Gasteiger partial charge in [0.15, 0.2) is 0 Å². The number of methoxy groups -OCH3 is 1. The first-order valence-corrected chi connectivity index (χ1v) is 7.63. The maximum atomic E-state index is 8.47. The lowest BCUT2D eigenvalue weighted by molar-refractivity contribution is 0.199. The van der Waals surface area contributed by atoms with Crippen molar-refractivity contribution in [2.45, 2.75) is 30.7 Å². The zero-order chi connectivity index (χ0) is 13.8. The number of unbranched alkanes of at least 4 members (excludes halogenated alkanes) is 2. The number of hydrogen-bond donors (Lipinski definition) is 1. The van der Waals surface area contributed by atoms with Crippen molar-refractivity contribution >= 4 is 11.8 Å². The zero-order valence-electron chi connectivity index (χ0n) is 11.5. The molecule has 0 aromatic heterocycles. The molecule has 0 saturated carbocycles. The predicted octanol–water partition coefficient (Wildman–Crippen LogP) is 3.21. The van der Waals surface area contributed by atoms with E-state index in [0.29, 0.717) is 6.42 Å². The maximum absolute atomic E-state index is 8.47. The van der Waals surface area contributed by atoms with E-state index >= 15 is 0 Å². The van der Waals surface area contributed by atoms with E-state index in [4.69, 9.17) is 10.00 Å². The Hall–Kier alpha value is -1.02. The molecule has 0 unspecified atom stereocenters. The highest BCUT2D eigenvalue weighted by molar-refractivity contribution is 7.99. The Labute approximate surface area is 120 Å². The standard InChI is InChI=1S/C15H22N2OS/c1-18-10-9-17-13-14-6-5-7-15(12-14)19-11-4-2-3-8-16/h5-7,12,17H,2-4,9-11,13H2,1H3. The van der Waals surface area contributed by atoms with Crippen molar-refractivity contribution in [1.82, 2.24) is 5.32 Å². The Morgan fingerprint density at radius 2 is 2.26 bits per heavy atom. The molecule has 0 aliphatic heterocycles. The van der Waals surface area contributed by atoms with Gasteiger partial charge in [-0.25, -0.2) is 0 Å². The summed E-state index contributed by atoms with van der Waals surface area (Å²) in [5.74, 6) is 1.09. The molecule has 0 bridgehead atoms. The number of thioether (sulfide) groups is 1. The summed E-state index contributed by atoms with van der Waals surface area (Å²) in [6, 6.07) is 10.8. The van der Waals surface area contributed by atoms with Crippen LogP contribution in [0.1, 0.15) is 24.8 Å². The molecule has 3 nitrogen and oxygen atoms in total. The fraction of sp³-hybridized carbons (Fsp3) is 0.533. The van der Waals surface area contributed by atoms with Crippen molar-refractivity contribution in [3.8, 4) is 6.07 Å². The van der Waals surface area contributed by atoms with Crippen LogP contribution in [-0.2, 0) is 11.3 Å². The lowest BCUT2D eigenvalue weighted by Crippen LogP contribution is -2.18. The molecular formula is C15H22N2OS. The van der Waals surface area contributed by atoms with E-state index in [1.54, 1.807) is 7.11 Å². The van der Waals surface area contributed by atoms with Gasteiger partial charge in [0.1, 0.15) is 0 Å². The molecule has 0 saturated heterocycles. The van der Waals surface area contributed by atoms with E-state index in [2.05, 4.69) is 35.7 Å². The van der Waals surface area contributed by atoms with E-state index in [1.165, 1.54) is 10.5 Å². The number of rotatable bonds is 10. The summed E-state index contributed by atoms with van der Waals surface area (Å²) in [5.41, 5.74) is 1.30. The minimum Gasteiger partial charge on any atom is -0.383 e. The maximum Gasteiger partial charge on any atom is 0.0621 e. The van der Waals surface area contributed by atoms with E-state index in [0.717, 1.165) is 38.3 Å². The van der Waals surface area contributed by atoms with Crippen molar-refractivity contribution in [1.29, 1.82) is 5.26 Å². The molecule has 19 heavy (non-hydrogen) atoms. The van der Waals surface area contributed by atoms with Crippen LogP contribution in [0.3, 0.4) is 0 Å². The molecule has 0 aliphatic carbocycles. The van der Waals surface area contributed by atoms with Gasteiger partial charge in [-0.15, -0.1) is 11.8 Å². The van der Waals surface area contributed by atoms with Gasteiger partial charge in [0.2, 0.25) is 0 Å². The molecule has 1 aromatic rings. The first kappa shape index (κ1) is 16.0. The second-order valence-electron chi connectivity index (χ2n) is 4.28. The average molecular weight is 278 g/mol. The van der Waals surface area contributed by atoms with Gasteiger partial charge >= 0.3 is 0 Å². The summed E-state index contributed by atoms with van der Waals surface area (Å²) < 4.78 is 5.00. The molecular weight excluding hydrogens is 256 g/mol. The number of nitriles is 1. The molecule has 0 radical (unpaired) electrons. The Morgan fingerprint density at radius 1 is 1.37 bits per heavy atom. The van der Waals surface area contributed by atoms with Crippen molar-refractivity contribution in [3.63, 3.8) is 0 Å². The minimum absolute atomic E-state index is 0.671. The minimum atomic E-state index is 0.671. The van der Waals surface area contributed by atoms with Gasteiger partial charge in [-0.1, -0.05) is 12.1 Å². The van der Waals surface area contributed by atoms with Crippen molar-refractivity contribution < 1.29 is 4.74 Å². The summed E-state index contributed by atoms with van der Waals surface area (Å²) in [6.07, 6.45) is 2.78. The van der Waals surface area contributed by atoms with E-state index < -0.39 is 0 Å². The predicted molar refractivity (Wildman–Crippen MR) is 80.2 cm³/mol. The number of ether oxygens (including phenoxy) is 1. The molecule has 0 aliphatic rings. The summed E-state index contributed by atoms with van der Waals surface area (Å²) in [6.45, 7) is 2.50. The Morgan fingerprint density at radius 3 is 3.05 bits per heavy atom. The molecule has 0 fully saturated rings. The van der Waals surface area contributed by atoms with Crippen LogP contribution in [0.2, 0.25) is 0 Å². The molecule has 0 heterocycles. The van der Waals surface area contributed by atoms with Gasteiger partial charge in [-0.2, -0.15) is 5.26 Å². The first-order chi connectivity index (χ1) is 9.36. The van der Waals surface area contributed by atoms with Crippen LogP contribution in [0.4, 0.5) is 0 Å². The highest BCUT2D eigenvalue weighted by Gasteiger charge is 1.97. The third-order valence-electron chi connectivity index (χ3n) is 2.66. The number of nitrogens with zero attached hydrogens (tertiary/aromatic N) is 1. The van der Waals surface area contributed by atoms with E-state index in [-0.39, 0.29) is 0 Å². The molecule has 1 aromatic carbocycles. The second kappa shape index (κ2) is 10.9. The zero-order valence-corrected chi connectivity index (χ0v) is 12.3. The lowest BCUT2D eigenvalue weighted by atomic mass is 10.2. The topological polar surface area (TPSA) is 45.0 Å². The largest absolute Gasteiger partial charge is 0.383 e. The van der Waals surface area contributed by atoms with Crippen LogP contribution in [0.5, 0.6) is 0 Å². The van der Waals surface area contributed by atoms with Crippen molar-refractivity contribution in [2.24, 2.45) is 0 Å². The summed E-state index contributed by atoms with van der Waals surface area (Å²) in [4.78, 5) is 1.31. The third kappa shape index (κ3) is 7.89. The first-order valence-electron chi connectivity index (χ1n) is 6.65. The second-order valence-corrected chi connectivity index (χ2v) is 5.45. The number of hydrogen-bond acceptors (Lipinski definition) is 4. The molecule has 0 spiro atoms. The summed E-state index contributed by atoms with van der Waals surface area (Å²) in [7, 11) is 1.71. The Balaban J connectivity index is 2.25. The fourth-order valence-electron chi connectivity index (χ4n) is 1.65. The van der Waals surface area contributed by atoms with Gasteiger partial charge < -0.3 is 10.1 Å².